The highest BCUT2D eigenvalue weighted by Gasteiger charge is 2.35. The molecule has 0 spiro atoms. The third kappa shape index (κ3) is 4.23. The standard InChI is InChI=1S/C11H20N2O5/c1-10(2,7(14)17-5)12-9(16)13-11(3,4)8(15)18-6/h1-6H3,(H2,12,13,16). The second kappa shape index (κ2) is 5.70. The zero-order valence-electron chi connectivity index (χ0n) is 11.5. The van der Waals surface area contributed by atoms with Crippen LogP contribution in [0.4, 0.5) is 4.79 Å². The molecule has 0 saturated heterocycles. The Morgan fingerprint density at radius 1 is 0.778 bits per heavy atom. The summed E-state index contributed by atoms with van der Waals surface area (Å²) >= 11 is 0. The topological polar surface area (TPSA) is 93.7 Å². The van der Waals surface area contributed by atoms with E-state index in [4.69, 9.17) is 0 Å². The molecular weight excluding hydrogens is 240 g/mol. The number of rotatable bonds is 4. The number of carbonyl (C=O) groups excluding carboxylic acids is 3. The molecule has 2 amide bonds. The average molecular weight is 260 g/mol. The van der Waals surface area contributed by atoms with Crippen LogP contribution >= 0.6 is 0 Å². The first-order chi connectivity index (χ1) is 8.06. The van der Waals surface area contributed by atoms with Crippen LogP contribution in [0, 0.1) is 0 Å². The fourth-order valence-electron chi connectivity index (χ4n) is 1.21. The normalized spacial score (nSPS) is 11.4. The molecule has 0 aliphatic heterocycles. The molecular formula is C11H20N2O5. The number of carbonyl (C=O) groups is 3. The quantitative estimate of drug-likeness (QED) is 0.704. The van der Waals surface area contributed by atoms with E-state index in [0.717, 1.165) is 0 Å². The molecule has 0 fully saturated rings. The van der Waals surface area contributed by atoms with E-state index in [-0.39, 0.29) is 0 Å². The van der Waals surface area contributed by atoms with Gasteiger partial charge in [-0.25, -0.2) is 14.4 Å². The summed E-state index contributed by atoms with van der Waals surface area (Å²) < 4.78 is 9.08. The Kier molecular flexibility index (Phi) is 5.13. The smallest absolute Gasteiger partial charge is 0.331 e. The molecule has 0 aliphatic rings. The summed E-state index contributed by atoms with van der Waals surface area (Å²) in [5.41, 5.74) is -2.38. The van der Waals surface area contributed by atoms with Crippen LogP contribution < -0.4 is 10.6 Å². The van der Waals surface area contributed by atoms with Crippen molar-refractivity contribution in [1.29, 1.82) is 0 Å². The van der Waals surface area contributed by atoms with Gasteiger partial charge in [0.05, 0.1) is 14.2 Å². The van der Waals surface area contributed by atoms with E-state index in [0.29, 0.717) is 0 Å². The van der Waals surface area contributed by atoms with Gasteiger partial charge in [-0.2, -0.15) is 0 Å². The summed E-state index contributed by atoms with van der Waals surface area (Å²) in [5.74, 6) is -1.18. The van der Waals surface area contributed by atoms with E-state index < -0.39 is 29.0 Å². The average Bonchev–Trinajstić information content (AvgIpc) is 2.24. The maximum Gasteiger partial charge on any atom is 0.331 e. The molecule has 0 atom stereocenters. The Hall–Kier alpha value is -1.79. The number of ether oxygens (including phenoxy) is 2. The van der Waals surface area contributed by atoms with Crippen LogP contribution in [0.2, 0.25) is 0 Å². The van der Waals surface area contributed by atoms with Crippen LogP contribution in [0.1, 0.15) is 27.7 Å². The second-order valence-electron chi connectivity index (χ2n) is 4.81. The minimum Gasteiger partial charge on any atom is -0.467 e. The summed E-state index contributed by atoms with van der Waals surface area (Å²) in [5, 5.41) is 4.82. The molecule has 0 rings (SSSR count). The summed E-state index contributed by atoms with van der Waals surface area (Å²) in [4.78, 5) is 34.4. The fourth-order valence-corrected chi connectivity index (χ4v) is 1.21. The van der Waals surface area contributed by atoms with Crippen molar-refractivity contribution in [3.05, 3.63) is 0 Å². The molecule has 0 aromatic heterocycles. The van der Waals surface area contributed by atoms with E-state index in [2.05, 4.69) is 20.1 Å². The van der Waals surface area contributed by atoms with Gasteiger partial charge in [-0.1, -0.05) is 0 Å². The van der Waals surface area contributed by atoms with Gasteiger partial charge >= 0.3 is 18.0 Å². The third-order valence-electron chi connectivity index (χ3n) is 2.24. The fraction of sp³-hybridized carbons (Fsp3) is 0.727. The van der Waals surface area contributed by atoms with Gasteiger partial charge in [-0.3, -0.25) is 0 Å². The van der Waals surface area contributed by atoms with Crippen molar-refractivity contribution in [2.24, 2.45) is 0 Å². The van der Waals surface area contributed by atoms with Gasteiger partial charge in [0, 0.05) is 0 Å². The van der Waals surface area contributed by atoms with Crippen LogP contribution in [0.15, 0.2) is 0 Å². The van der Waals surface area contributed by atoms with Crippen molar-refractivity contribution in [3.8, 4) is 0 Å². The minimum absolute atomic E-state index is 0.589. The van der Waals surface area contributed by atoms with Gasteiger partial charge in [0.25, 0.3) is 0 Å². The lowest BCUT2D eigenvalue weighted by atomic mass is 10.1. The highest BCUT2D eigenvalue weighted by Crippen LogP contribution is 2.07. The van der Waals surface area contributed by atoms with Gasteiger partial charge in [0.15, 0.2) is 0 Å². The minimum atomic E-state index is -1.19. The van der Waals surface area contributed by atoms with Gasteiger partial charge in [0.1, 0.15) is 11.1 Å². The molecule has 0 unspecified atom stereocenters. The summed E-state index contributed by atoms with van der Waals surface area (Å²) in [6, 6.07) is -0.666. The predicted molar refractivity (Wildman–Crippen MR) is 63.9 cm³/mol. The van der Waals surface area contributed by atoms with Crippen LogP contribution in [-0.4, -0.2) is 43.3 Å². The molecule has 0 aliphatic carbocycles. The molecule has 0 aromatic rings. The molecule has 2 N–H and O–H groups in total. The molecule has 18 heavy (non-hydrogen) atoms. The maximum atomic E-state index is 11.7. The van der Waals surface area contributed by atoms with Crippen molar-refractivity contribution in [3.63, 3.8) is 0 Å². The Labute approximate surface area is 106 Å². The SMILES string of the molecule is COC(=O)C(C)(C)NC(=O)NC(C)(C)C(=O)OC. The summed E-state index contributed by atoms with van der Waals surface area (Å²) in [7, 11) is 2.45. The van der Waals surface area contributed by atoms with Crippen LogP contribution in [-0.2, 0) is 19.1 Å². The zero-order valence-corrected chi connectivity index (χ0v) is 11.5. The predicted octanol–water partition coefficient (Wildman–Crippen LogP) is 0.189. The Bertz CT molecular complexity index is 317. The lowest BCUT2D eigenvalue weighted by Crippen LogP contribution is -2.59. The first-order valence-electron chi connectivity index (χ1n) is 5.34. The molecule has 7 heteroatoms. The first kappa shape index (κ1) is 16.2. The van der Waals surface area contributed by atoms with E-state index in [1.54, 1.807) is 0 Å². The lowest BCUT2D eigenvalue weighted by molar-refractivity contribution is -0.146. The van der Waals surface area contributed by atoms with Gasteiger partial charge in [0.2, 0.25) is 0 Å². The largest absolute Gasteiger partial charge is 0.467 e. The number of methoxy groups -OCH3 is 2. The highest BCUT2D eigenvalue weighted by atomic mass is 16.5. The third-order valence-corrected chi connectivity index (χ3v) is 2.24. The highest BCUT2D eigenvalue weighted by molar-refractivity contribution is 5.90. The van der Waals surface area contributed by atoms with Gasteiger partial charge < -0.3 is 20.1 Å². The Morgan fingerprint density at radius 2 is 1.06 bits per heavy atom. The van der Waals surface area contributed by atoms with Crippen molar-refractivity contribution in [2.45, 2.75) is 38.8 Å². The van der Waals surface area contributed by atoms with Crippen LogP contribution in [0.5, 0.6) is 0 Å². The van der Waals surface area contributed by atoms with E-state index in [1.165, 1.54) is 41.9 Å². The number of hydrogen-bond acceptors (Lipinski definition) is 5. The molecule has 0 saturated carbocycles. The second-order valence-corrected chi connectivity index (χ2v) is 4.81. The van der Waals surface area contributed by atoms with Gasteiger partial charge in [-0.15, -0.1) is 0 Å². The molecule has 0 radical (unpaired) electrons. The number of hydrogen-bond donors (Lipinski definition) is 2. The van der Waals surface area contributed by atoms with Crippen molar-refractivity contribution in [1.82, 2.24) is 10.6 Å². The van der Waals surface area contributed by atoms with E-state index in [1.807, 2.05) is 0 Å². The monoisotopic (exact) mass is 260 g/mol. The summed E-state index contributed by atoms with van der Waals surface area (Å²) in [6.07, 6.45) is 0. The number of esters is 2. The van der Waals surface area contributed by atoms with Crippen molar-refractivity contribution in [2.75, 3.05) is 14.2 Å². The van der Waals surface area contributed by atoms with Crippen LogP contribution in [0.3, 0.4) is 0 Å². The maximum absolute atomic E-state index is 11.7. The molecule has 0 heterocycles. The first-order valence-corrected chi connectivity index (χ1v) is 5.34. The van der Waals surface area contributed by atoms with E-state index in [9.17, 15) is 14.4 Å². The van der Waals surface area contributed by atoms with E-state index >= 15 is 0 Å². The molecule has 7 nitrogen and oxygen atoms in total. The van der Waals surface area contributed by atoms with Crippen molar-refractivity contribution < 1.29 is 23.9 Å². The number of nitrogens with one attached hydrogen (secondary N) is 2. The summed E-state index contributed by atoms with van der Waals surface area (Å²) in [6.45, 7) is 5.96. The number of urea groups is 1. The Balaban J connectivity index is 4.62. The number of amides is 2. The van der Waals surface area contributed by atoms with Crippen LogP contribution in [0.25, 0.3) is 0 Å². The molecule has 0 aromatic carbocycles. The van der Waals surface area contributed by atoms with Crippen molar-refractivity contribution >= 4 is 18.0 Å². The lowest BCUT2D eigenvalue weighted by Gasteiger charge is -2.27. The van der Waals surface area contributed by atoms with Gasteiger partial charge in [-0.05, 0) is 27.7 Å². The molecule has 0 bridgehead atoms. The molecule has 104 valence electrons. The zero-order chi connectivity index (χ0) is 14.6. The Morgan fingerprint density at radius 3 is 1.28 bits per heavy atom.